The topological polar surface area (TPSA) is 62.5 Å². The molecule has 0 N–H and O–H groups in total. The van der Waals surface area contributed by atoms with Crippen molar-refractivity contribution in [1.82, 2.24) is 15.1 Å². The Bertz CT molecular complexity index is 914. The van der Waals surface area contributed by atoms with Crippen molar-refractivity contribution in [2.24, 2.45) is 0 Å². The predicted molar refractivity (Wildman–Crippen MR) is 110 cm³/mol. The summed E-state index contributed by atoms with van der Waals surface area (Å²) in [4.78, 5) is 16.4. The summed E-state index contributed by atoms with van der Waals surface area (Å²) in [6.45, 7) is 3.49. The molecule has 6 nitrogen and oxygen atoms in total. The van der Waals surface area contributed by atoms with Crippen LogP contribution in [-0.2, 0) is 11.3 Å². The number of carbonyl (C=O) groups excluding carboxylic acids is 1. The van der Waals surface area contributed by atoms with Crippen molar-refractivity contribution < 1.29 is 9.21 Å². The first-order valence-electron chi connectivity index (χ1n) is 9.19. The number of anilines is 1. The number of rotatable bonds is 8. The standard InChI is InChI=1S/C21H23ClN4O2/c1-3-13-26(15-20(27)25(2)16-9-5-4-6-10-16)14-19-23-24-21(28-19)17-11-7-8-12-18(17)22/h4-12H,3,13-15H2,1-2H3. The molecule has 1 aromatic heterocycles. The highest BCUT2D eigenvalue weighted by atomic mass is 35.5. The molecule has 0 aliphatic heterocycles. The van der Waals surface area contributed by atoms with Crippen molar-refractivity contribution in [2.75, 3.05) is 25.0 Å². The number of para-hydroxylation sites is 1. The van der Waals surface area contributed by atoms with Crippen LogP contribution in [0.3, 0.4) is 0 Å². The first-order valence-corrected chi connectivity index (χ1v) is 9.57. The van der Waals surface area contributed by atoms with E-state index in [9.17, 15) is 4.79 Å². The van der Waals surface area contributed by atoms with Gasteiger partial charge in [0.05, 0.1) is 23.7 Å². The minimum absolute atomic E-state index is 0.00509. The fourth-order valence-corrected chi connectivity index (χ4v) is 3.09. The molecule has 0 aliphatic rings. The third kappa shape index (κ3) is 4.97. The second kappa shape index (κ2) is 9.48. The number of hydrogen-bond donors (Lipinski definition) is 0. The molecule has 3 rings (SSSR count). The zero-order chi connectivity index (χ0) is 19.9. The lowest BCUT2D eigenvalue weighted by molar-refractivity contribution is -0.119. The summed E-state index contributed by atoms with van der Waals surface area (Å²) in [5.74, 6) is 0.841. The minimum atomic E-state index is 0.00509. The number of benzene rings is 2. The highest BCUT2D eigenvalue weighted by Gasteiger charge is 2.19. The summed E-state index contributed by atoms with van der Waals surface area (Å²) in [6.07, 6.45) is 0.911. The number of aromatic nitrogens is 2. The van der Waals surface area contributed by atoms with E-state index in [0.717, 1.165) is 18.7 Å². The van der Waals surface area contributed by atoms with Crippen molar-refractivity contribution in [1.29, 1.82) is 0 Å². The van der Waals surface area contributed by atoms with E-state index in [-0.39, 0.29) is 12.5 Å². The molecule has 0 spiro atoms. The smallest absolute Gasteiger partial charge is 0.249 e. The van der Waals surface area contributed by atoms with Gasteiger partial charge in [-0.2, -0.15) is 0 Å². The maximum Gasteiger partial charge on any atom is 0.249 e. The van der Waals surface area contributed by atoms with Crippen LogP contribution in [0.1, 0.15) is 19.2 Å². The molecule has 0 aliphatic carbocycles. The summed E-state index contributed by atoms with van der Waals surface area (Å²) in [5, 5.41) is 8.78. The molecule has 1 amide bonds. The summed E-state index contributed by atoms with van der Waals surface area (Å²) < 4.78 is 5.78. The van der Waals surface area contributed by atoms with Gasteiger partial charge in [0.15, 0.2) is 0 Å². The van der Waals surface area contributed by atoms with Crippen molar-refractivity contribution in [3.8, 4) is 11.5 Å². The van der Waals surface area contributed by atoms with Crippen molar-refractivity contribution >= 4 is 23.2 Å². The normalized spacial score (nSPS) is 11.0. The van der Waals surface area contributed by atoms with Crippen LogP contribution in [0.15, 0.2) is 59.0 Å². The van der Waals surface area contributed by atoms with E-state index >= 15 is 0 Å². The van der Waals surface area contributed by atoms with Crippen molar-refractivity contribution in [3.05, 3.63) is 65.5 Å². The summed E-state index contributed by atoms with van der Waals surface area (Å²) in [7, 11) is 1.78. The Morgan fingerprint density at radius 2 is 1.79 bits per heavy atom. The predicted octanol–water partition coefficient (Wildman–Crippen LogP) is 4.27. The molecule has 3 aromatic rings. The molecular weight excluding hydrogens is 376 g/mol. The van der Waals surface area contributed by atoms with E-state index < -0.39 is 0 Å². The molecule has 0 atom stereocenters. The van der Waals surface area contributed by atoms with Gasteiger partial charge in [0.25, 0.3) is 0 Å². The summed E-state index contributed by atoms with van der Waals surface area (Å²) in [6, 6.07) is 16.9. The Labute approximate surface area is 169 Å². The van der Waals surface area contributed by atoms with E-state index in [4.69, 9.17) is 16.0 Å². The van der Waals surface area contributed by atoms with Gasteiger partial charge in [-0.1, -0.05) is 48.9 Å². The van der Waals surface area contributed by atoms with Crippen LogP contribution in [0.5, 0.6) is 0 Å². The molecule has 146 valence electrons. The van der Waals surface area contributed by atoms with Gasteiger partial charge in [-0.25, -0.2) is 0 Å². The Hall–Kier alpha value is -2.70. The molecule has 0 radical (unpaired) electrons. The van der Waals surface area contributed by atoms with Gasteiger partial charge in [-0.05, 0) is 37.2 Å². The Morgan fingerprint density at radius 3 is 2.50 bits per heavy atom. The van der Waals surface area contributed by atoms with Gasteiger partial charge in [-0.3, -0.25) is 9.69 Å². The van der Waals surface area contributed by atoms with Crippen LogP contribution in [0, 0.1) is 0 Å². The third-order valence-corrected chi connectivity index (χ3v) is 4.68. The lowest BCUT2D eigenvalue weighted by atomic mass is 10.2. The van der Waals surface area contributed by atoms with Gasteiger partial charge in [-0.15, -0.1) is 10.2 Å². The van der Waals surface area contributed by atoms with Gasteiger partial charge in [0.1, 0.15) is 0 Å². The molecule has 0 saturated carbocycles. The largest absolute Gasteiger partial charge is 0.419 e. The lowest BCUT2D eigenvalue weighted by Crippen LogP contribution is -2.38. The van der Waals surface area contributed by atoms with Gasteiger partial charge >= 0.3 is 0 Å². The Kier molecular flexibility index (Phi) is 6.79. The zero-order valence-corrected chi connectivity index (χ0v) is 16.8. The van der Waals surface area contributed by atoms with Crippen LogP contribution >= 0.6 is 11.6 Å². The SMILES string of the molecule is CCCN(CC(=O)N(C)c1ccccc1)Cc1nnc(-c2ccccc2Cl)o1. The van der Waals surface area contributed by atoms with Gasteiger partial charge < -0.3 is 9.32 Å². The Balaban J connectivity index is 1.68. The minimum Gasteiger partial charge on any atom is -0.419 e. The summed E-state index contributed by atoms with van der Waals surface area (Å²) >= 11 is 6.20. The molecular formula is C21H23ClN4O2. The first kappa shape index (κ1) is 20.0. The fraction of sp³-hybridized carbons (Fsp3) is 0.286. The third-order valence-electron chi connectivity index (χ3n) is 4.35. The second-order valence-corrected chi connectivity index (χ2v) is 6.89. The quantitative estimate of drug-likeness (QED) is 0.567. The van der Waals surface area contributed by atoms with E-state index in [1.807, 2.05) is 53.4 Å². The number of halogens is 1. The van der Waals surface area contributed by atoms with Crippen LogP contribution in [-0.4, -0.2) is 41.1 Å². The number of carbonyl (C=O) groups is 1. The van der Waals surface area contributed by atoms with Gasteiger partial charge in [0, 0.05) is 12.7 Å². The van der Waals surface area contributed by atoms with E-state index in [1.54, 1.807) is 18.0 Å². The highest BCUT2D eigenvalue weighted by Crippen LogP contribution is 2.26. The number of amides is 1. The molecule has 1 heterocycles. The molecule has 0 fully saturated rings. The maximum absolute atomic E-state index is 12.7. The van der Waals surface area contributed by atoms with Crippen LogP contribution < -0.4 is 4.90 Å². The summed E-state index contributed by atoms with van der Waals surface area (Å²) in [5.41, 5.74) is 1.56. The molecule has 2 aromatic carbocycles. The van der Waals surface area contributed by atoms with Crippen molar-refractivity contribution in [2.45, 2.75) is 19.9 Å². The van der Waals surface area contributed by atoms with Crippen LogP contribution in [0.25, 0.3) is 11.5 Å². The molecule has 0 saturated heterocycles. The monoisotopic (exact) mass is 398 g/mol. The van der Waals surface area contributed by atoms with Crippen LogP contribution in [0.4, 0.5) is 5.69 Å². The number of likely N-dealkylation sites (N-methyl/N-ethyl adjacent to an activating group) is 1. The van der Waals surface area contributed by atoms with Crippen molar-refractivity contribution in [3.63, 3.8) is 0 Å². The molecule has 0 bridgehead atoms. The maximum atomic E-state index is 12.7. The van der Waals surface area contributed by atoms with E-state index in [2.05, 4.69) is 17.1 Å². The molecule has 28 heavy (non-hydrogen) atoms. The number of hydrogen-bond acceptors (Lipinski definition) is 5. The average molecular weight is 399 g/mol. The van der Waals surface area contributed by atoms with E-state index in [1.165, 1.54) is 0 Å². The number of nitrogens with zero attached hydrogens (tertiary/aromatic N) is 4. The second-order valence-electron chi connectivity index (χ2n) is 6.48. The van der Waals surface area contributed by atoms with Crippen LogP contribution in [0.2, 0.25) is 5.02 Å². The molecule has 7 heteroatoms. The lowest BCUT2D eigenvalue weighted by Gasteiger charge is -2.23. The average Bonchev–Trinajstić information content (AvgIpc) is 3.16. The van der Waals surface area contributed by atoms with E-state index in [0.29, 0.717) is 28.9 Å². The fourth-order valence-electron chi connectivity index (χ4n) is 2.88. The molecule has 0 unspecified atom stereocenters. The Morgan fingerprint density at radius 1 is 1.07 bits per heavy atom. The highest BCUT2D eigenvalue weighted by molar-refractivity contribution is 6.33. The van der Waals surface area contributed by atoms with Gasteiger partial charge in [0.2, 0.25) is 17.7 Å². The first-order chi connectivity index (χ1) is 13.6. The zero-order valence-electron chi connectivity index (χ0n) is 16.0.